The number of piperidine rings is 1. The number of hydrogen-bond donors (Lipinski definition) is 1. The molecule has 1 aliphatic heterocycles. The first-order valence-corrected chi connectivity index (χ1v) is 10.2. The van der Waals surface area contributed by atoms with Crippen LogP contribution in [0, 0.1) is 11.8 Å². The van der Waals surface area contributed by atoms with Gasteiger partial charge in [-0.05, 0) is 52.6 Å². The first kappa shape index (κ1) is 24.5. The Morgan fingerprint density at radius 3 is 2.48 bits per heavy atom. The van der Waals surface area contributed by atoms with Crippen LogP contribution in [-0.2, 0) is 9.53 Å². The lowest BCUT2D eigenvalue weighted by atomic mass is 9.75. The number of rotatable bonds is 5. The standard InChI is InChI=1S/C20H38N4O2.HI/c1-6-21-19(24-12-9-17(10-13-24)18(25)26-5)22-15-20(23(3)4)11-7-8-16(2)14-20;/h16-17H,6-15H2,1-5H3,(H,21,22);1H. The van der Waals surface area contributed by atoms with Crippen LogP contribution >= 0.6 is 24.0 Å². The molecule has 2 atom stereocenters. The second kappa shape index (κ2) is 11.4. The fourth-order valence-corrected chi connectivity index (χ4v) is 4.47. The quantitative estimate of drug-likeness (QED) is 0.276. The molecule has 0 aromatic heterocycles. The maximum Gasteiger partial charge on any atom is 0.308 e. The Kier molecular flexibility index (Phi) is 10.4. The van der Waals surface area contributed by atoms with Gasteiger partial charge in [0.25, 0.3) is 0 Å². The number of halogens is 1. The lowest BCUT2D eigenvalue weighted by Gasteiger charge is -2.44. The van der Waals surface area contributed by atoms with E-state index in [1.807, 2.05) is 0 Å². The number of nitrogens with zero attached hydrogens (tertiary/aromatic N) is 3. The normalized spacial score (nSPS) is 27.3. The average molecular weight is 494 g/mol. The molecule has 158 valence electrons. The van der Waals surface area contributed by atoms with Crippen molar-refractivity contribution in [2.45, 2.75) is 57.9 Å². The minimum absolute atomic E-state index is 0. The summed E-state index contributed by atoms with van der Waals surface area (Å²) in [5.41, 5.74) is 0.169. The van der Waals surface area contributed by atoms with Crippen molar-refractivity contribution >= 4 is 35.9 Å². The van der Waals surface area contributed by atoms with E-state index in [1.165, 1.54) is 32.8 Å². The monoisotopic (exact) mass is 494 g/mol. The summed E-state index contributed by atoms with van der Waals surface area (Å²) >= 11 is 0. The van der Waals surface area contributed by atoms with Crippen LogP contribution < -0.4 is 5.32 Å². The number of methoxy groups -OCH3 is 1. The Balaban J connectivity index is 0.00000364. The average Bonchev–Trinajstić information content (AvgIpc) is 2.64. The topological polar surface area (TPSA) is 57.2 Å². The molecule has 0 amide bonds. The minimum atomic E-state index is -0.0747. The van der Waals surface area contributed by atoms with Crippen molar-refractivity contribution in [2.24, 2.45) is 16.8 Å². The molecule has 2 rings (SSSR count). The fourth-order valence-electron chi connectivity index (χ4n) is 4.47. The number of likely N-dealkylation sites (tertiary alicyclic amines) is 1. The van der Waals surface area contributed by atoms with E-state index in [4.69, 9.17) is 9.73 Å². The molecule has 2 aliphatic rings. The predicted molar refractivity (Wildman–Crippen MR) is 122 cm³/mol. The van der Waals surface area contributed by atoms with E-state index < -0.39 is 0 Å². The van der Waals surface area contributed by atoms with Gasteiger partial charge in [0.05, 0.1) is 19.6 Å². The lowest BCUT2D eigenvalue weighted by Crippen LogP contribution is -2.52. The molecule has 0 aromatic rings. The fraction of sp³-hybridized carbons (Fsp3) is 0.900. The first-order chi connectivity index (χ1) is 12.4. The smallest absolute Gasteiger partial charge is 0.308 e. The number of likely N-dealkylation sites (N-methyl/N-ethyl adjacent to an activating group) is 1. The van der Waals surface area contributed by atoms with Crippen LogP contribution in [0.4, 0.5) is 0 Å². The van der Waals surface area contributed by atoms with Crippen LogP contribution in [0.25, 0.3) is 0 Å². The van der Waals surface area contributed by atoms with Crippen molar-refractivity contribution in [1.29, 1.82) is 0 Å². The second-order valence-corrected chi connectivity index (χ2v) is 8.27. The Morgan fingerprint density at radius 1 is 1.30 bits per heavy atom. The van der Waals surface area contributed by atoms with E-state index in [-0.39, 0.29) is 41.4 Å². The Hall–Kier alpha value is -0.570. The van der Waals surface area contributed by atoms with Crippen LogP contribution in [0.1, 0.15) is 52.4 Å². The van der Waals surface area contributed by atoms with Gasteiger partial charge in [0.2, 0.25) is 0 Å². The van der Waals surface area contributed by atoms with Gasteiger partial charge in [-0.3, -0.25) is 9.79 Å². The van der Waals surface area contributed by atoms with Crippen molar-refractivity contribution < 1.29 is 9.53 Å². The number of nitrogens with one attached hydrogen (secondary N) is 1. The van der Waals surface area contributed by atoms with Crippen LogP contribution in [0.3, 0.4) is 0 Å². The molecule has 0 bridgehead atoms. The van der Waals surface area contributed by atoms with Crippen LogP contribution in [-0.4, -0.2) is 74.7 Å². The molecular formula is C20H39IN4O2. The molecule has 2 unspecified atom stereocenters. The summed E-state index contributed by atoms with van der Waals surface area (Å²) in [5, 5.41) is 3.46. The van der Waals surface area contributed by atoms with Gasteiger partial charge in [0.1, 0.15) is 0 Å². The molecule has 0 spiro atoms. The molecular weight excluding hydrogens is 455 g/mol. The van der Waals surface area contributed by atoms with Crippen molar-refractivity contribution in [3.8, 4) is 0 Å². The summed E-state index contributed by atoms with van der Waals surface area (Å²) in [6.45, 7) is 7.89. The van der Waals surface area contributed by atoms with E-state index in [1.54, 1.807) is 0 Å². The van der Waals surface area contributed by atoms with Crippen molar-refractivity contribution in [3.05, 3.63) is 0 Å². The SMILES string of the molecule is CCNC(=NCC1(N(C)C)CCCC(C)C1)N1CCC(C(=O)OC)CC1.I. The Bertz CT molecular complexity index is 492. The van der Waals surface area contributed by atoms with Gasteiger partial charge >= 0.3 is 5.97 Å². The largest absolute Gasteiger partial charge is 0.469 e. The maximum absolute atomic E-state index is 11.8. The zero-order chi connectivity index (χ0) is 19.2. The van der Waals surface area contributed by atoms with Gasteiger partial charge in [-0.15, -0.1) is 24.0 Å². The van der Waals surface area contributed by atoms with E-state index in [2.05, 4.69) is 43.1 Å². The van der Waals surface area contributed by atoms with E-state index >= 15 is 0 Å². The van der Waals surface area contributed by atoms with Crippen molar-refractivity contribution in [1.82, 2.24) is 15.1 Å². The summed E-state index contributed by atoms with van der Waals surface area (Å²) in [6, 6.07) is 0. The highest BCUT2D eigenvalue weighted by Gasteiger charge is 2.37. The summed E-state index contributed by atoms with van der Waals surface area (Å²) in [4.78, 5) is 21.5. The number of carbonyl (C=O) groups is 1. The third-order valence-corrected chi connectivity index (χ3v) is 6.20. The lowest BCUT2D eigenvalue weighted by molar-refractivity contribution is -0.146. The van der Waals surface area contributed by atoms with Crippen LogP contribution in [0.15, 0.2) is 4.99 Å². The van der Waals surface area contributed by atoms with Gasteiger partial charge < -0.3 is 19.9 Å². The molecule has 6 nitrogen and oxygen atoms in total. The zero-order valence-corrected chi connectivity index (χ0v) is 20.1. The second-order valence-electron chi connectivity index (χ2n) is 8.27. The summed E-state index contributed by atoms with van der Waals surface area (Å²) < 4.78 is 4.90. The van der Waals surface area contributed by atoms with Crippen molar-refractivity contribution in [2.75, 3.05) is 47.4 Å². The van der Waals surface area contributed by atoms with Gasteiger partial charge in [-0.2, -0.15) is 0 Å². The summed E-state index contributed by atoms with van der Waals surface area (Å²) in [5.74, 6) is 1.72. The van der Waals surface area contributed by atoms with E-state index in [0.29, 0.717) is 0 Å². The summed E-state index contributed by atoms with van der Waals surface area (Å²) in [6.07, 6.45) is 6.74. The number of esters is 1. The highest BCUT2D eigenvalue weighted by Crippen LogP contribution is 2.36. The molecule has 1 heterocycles. The van der Waals surface area contributed by atoms with Gasteiger partial charge in [0, 0.05) is 25.2 Å². The van der Waals surface area contributed by atoms with Crippen molar-refractivity contribution in [3.63, 3.8) is 0 Å². The molecule has 1 aliphatic carbocycles. The molecule has 1 saturated heterocycles. The van der Waals surface area contributed by atoms with Gasteiger partial charge in [0.15, 0.2) is 5.96 Å². The molecule has 1 saturated carbocycles. The molecule has 27 heavy (non-hydrogen) atoms. The molecule has 0 aromatic carbocycles. The third kappa shape index (κ3) is 6.48. The molecule has 0 radical (unpaired) electrons. The summed E-state index contributed by atoms with van der Waals surface area (Å²) in [7, 11) is 5.87. The molecule has 1 N–H and O–H groups in total. The van der Waals surface area contributed by atoms with E-state index in [9.17, 15) is 4.79 Å². The highest BCUT2D eigenvalue weighted by molar-refractivity contribution is 14.0. The number of guanidine groups is 1. The zero-order valence-electron chi connectivity index (χ0n) is 17.8. The Labute approximate surface area is 182 Å². The molecule has 2 fully saturated rings. The number of aliphatic imine (C=N–C) groups is 1. The van der Waals surface area contributed by atoms with Crippen LogP contribution in [0.5, 0.6) is 0 Å². The third-order valence-electron chi connectivity index (χ3n) is 6.20. The first-order valence-electron chi connectivity index (χ1n) is 10.2. The number of ether oxygens (including phenoxy) is 1. The van der Waals surface area contributed by atoms with E-state index in [0.717, 1.165) is 50.9 Å². The van der Waals surface area contributed by atoms with Crippen LogP contribution in [0.2, 0.25) is 0 Å². The minimum Gasteiger partial charge on any atom is -0.469 e. The predicted octanol–water partition coefficient (Wildman–Crippen LogP) is 2.97. The number of hydrogen-bond acceptors (Lipinski definition) is 4. The molecule has 7 heteroatoms. The van der Waals surface area contributed by atoms with Gasteiger partial charge in [-0.25, -0.2) is 0 Å². The maximum atomic E-state index is 11.8. The Morgan fingerprint density at radius 2 is 1.96 bits per heavy atom. The van der Waals surface area contributed by atoms with Gasteiger partial charge in [-0.1, -0.05) is 19.8 Å². The highest BCUT2D eigenvalue weighted by atomic mass is 127. The number of carbonyl (C=O) groups excluding carboxylic acids is 1.